The normalized spacial score (nSPS) is 24.8. The maximum atomic E-state index is 13.0. The first kappa shape index (κ1) is 13.4. The minimum Gasteiger partial charge on any atom is -0.372 e. The highest BCUT2D eigenvalue weighted by atomic mass is 19.1. The summed E-state index contributed by atoms with van der Waals surface area (Å²) in [5.74, 6) is -1.14. The molecule has 0 spiro atoms. The fourth-order valence-corrected chi connectivity index (χ4v) is 2.41. The van der Waals surface area contributed by atoms with E-state index in [2.05, 4.69) is 0 Å². The molecular formula is C14H19F2NO. The van der Waals surface area contributed by atoms with Crippen molar-refractivity contribution in [3.05, 3.63) is 35.4 Å². The molecule has 1 fully saturated rings. The summed E-state index contributed by atoms with van der Waals surface area (Å²) in [7, 11) is 0. The summed E-state index contributed by atoms with van der Waals surface area (Å²) < 4.78 is 31.7. The Balaban J connectivity index is 1.93. The molecule has 1 aromatic rings. The van der Waals surface area contributed by atoms with E-state index in [-0.39, 0.29) is 18.8 Å². The van der Waals surface area contributed by atoms with Crippen LogP contribution in [0.25, 0.3) is 0 Å². The fraction of sp³-hybridized carbons (Fsp3) is 0.571. The van der Waals surface area contributed by atoms with Gasteiger partial charge >= 0.3 is 0 Å². The summed E-state index contributed by atoms with van der Waals surface area (Å²) >= 11 is 0. The molecule has 0 aromatic heterocycles. The number of rotatable bonds is 3. The van der Waals surface area contributed by atoms with Crippen molar-refractivity contribution in [2.75, 3.05) is 0 Å². The minimum atomic E-state index is -0.571. The van der Waals surface area contributed by atoms with Crippen LogP contribution in [0.5, 0.6) is 0 Å². The highest BCUT2D eigenvalue weighted by Crippen LogP contribution is 2.20. The Kier molecular flexibility index (Phi) is 4.66. The molecule has 2 unspecified atom stereocenters. The molecule has 1 saturated carbocycles. The van der Waals surface area contributed by atoms with E-state index in [1.165, 1.54) is 18.6 Å². The molecule has 0 amide bonds. The first-order chi connectivity index (χ1) is 8.65. The summed E-state index contributed by atoms with van der Waals surface area (Å²) in [5.41, 5.74) is 6.55. The fourth-order valence-electron chi connectivity index (χ4n) is 2.41. The Labute approximate surface area is 106 Å². The number of nitrogens with two attached hydrogens (primary N) is 1. The van der Waals surface area contributed by atoms with Gasteiger partial charge in [-0.3, -0.25) is 0 Å². The van der Waals surface area contributed by atoms with Crippen LogP contribution >= 0.6 is 0 Å². The molecule has 18 heavy (non-hydrogen) atoms. The van der Waals surface area contributed by atoms with Crippen molar-refractivity contribution >= 4 is 0 Å². The Morgan fingerprint density at radius 1 is 1.06 bits per heavy atom. The van der Waals surface area contributed by atoms with E-state index >= 15 is 0 Å². The summed E-state index contributed by atoms with van der Waals surface area (Å²) in [6.45, 7) is 0.215. The van der Waals surface area contributed by atoms with Crippen molar-refractivity contribution < 1.29 is 13.5 Å². The average Bonchev–Trinajstić information content (AvgIpc) is 2.50. The third-order valence-electron chi connectivity index (χ3n) is 3.39. The lowest BCUT2D eigenvalue weighted by molar-refractivity contribution is 0.0192. The quantitative estimate of drug-likeness (QED) is 0.842. The Hall–Kier alpha value is -1.00. The van der Waals surface area contributed by atoms with Crippen LogP contribution in [0.15, 0.2) is 18.2 Å². The zero-order chi connectivity index (χ0) is 13.0. The van der Waals surface area contributed by atoms with Gasteiger partial charge in [0.15, 0.2) is 0 Å². The third-order valence-corrected chi connectivity index (χ3v) is 3.39. The van der Waals surface area contributed by atoms with Gasteiger partial charge < -0.3 is 10.5 Å². The minimum absolute atomic E-state index is 0.00108. The van der Waals surface area contributed by atoms with Crippen LogP contribution in [0.4, 0.5) is 8.78 Å². The lowest BCUT2D eigenvalue weighted by Gasteiger charge is -2.21. The standard InChI is InChI=1S/C14H19F2NO/c15-11-6-10(7-12(16)8-11)9-18-14-5-3-1-2-4-13(14)17/h6-8,13-14H,1-5,9,17H2. The van der Waals surface area contributed by atoms with Crippen molar-refractivity contribution in [1.29, 1.82) is 0 Å². The summed E-state index contributed by atoms with van der Waals surface area (Å²) in [6.07, 6.45) is 5.31. The van der Waals surface area contributed by atoms with Gasteiger partial charge in [-0.05, 0) is 30.5 Å². The van der Waals surface area contributed by atoms with E-state index in [4.69, 9.17) is 10.5 Å². The van der Waals surface area contributed by atoms with Crippen LogP contribution in [-0.4, -0.2) is 12.1 Å². The van der Waals surface area contributed by atoms with Crippen molar-refractivity contribution in [2.24, 2.45) is 5.73 Å². The molecule has 100 valence electrons. The van der Waals surface area contributed by atoms with Crippen molar-refractivity contribution in [3.63, 3.8) is 0 Å². The second-order valence-corrected chi connectivity index (χ2v) is 4.93. The van der Waals surface area contributed by atoms with Crippen LogP contribution in [0.2, 0.25) is 0 Å². The average molecular weight is 255 g/mol. The van der Waals surface area contributed by atoms with Crippen molar-refractivity contribution in [2.45, 2.75) is 50.9 Å². The van der Waals surface area contributed by atoms with Gasteiger partial charge in [0.05, 0.1) is 12.7 Å². The highest BCUT2D eigenvalue weighted by molar-refractivity contribution is 5.17. The van der Waals surface area contributed by atoms with Crippen molar-refractivity contribution in [3.8, 4) is 0 Å². The van der Waals surface area contributed by atoms with Gasteiger partial charge in [0, 0.05) is 12.1 Å². The lowest BCUT2D eigenvalue weighted by Crippen LogP contribution is -2.35. The summed E-state index contributed by atoms with van der Waals surface area (Å²) in [4.78, 5) is 0. The number of benzene rings is 1. The molecule has 2 nitrogen and oxygen atoms in total. The first-order valence-corrected chi connectivity index (χ1v) is 6.47. The summed E-state index contributed by atoms with van der Waals surface area (Å²) in [6, 6.07) is 3.49. The van der Waals surface area contributed by atoms with E-state index in [0.717, 1.165) is 31.7 Å². The smallest absolute Gasteiger partial charge is 0.126 e. The first-order valence-electron chi connectivity index (χ1n) is 6.47. The molecule has 0 bridgehead atoms. The van der Waals surface area contributed by atoms with E-state index in [1.54, 1.807) is 0 Å². The molecule has 4 heteroatoms. The largest absolute Gasteiger partial charge is 0.372 e. The Morgan fingerprint density at radius 3 is 2.44 bits per heavy atom. The van der Waals surface area contributed by atoms with Gasteiger partial charge in [0.1, 0.15) is 11.6 Å². The van der Waals surface area contributed by atoms with Gasteiger partial charge in [-0.15, -0.1) is 0 Å². The SMILES string of the molecule is NC1CCCCCC1OCc1cc(F)cc(F)c1. The molecule has 2 rings (SSSR count). The van der Waals surface area contributed by atoms with Crippen LogP contribution in [0, 0.1) is 11.6 Å². The maximum absolute atomic E-state index is 13.0. The van der Waals surface area contributed by atoms with Crippen LogP contribution < -0.4 is 5.73 Å². The van der Waals surface area contributed by atoms with E-state index in [9.17, 15) is 8.78 Å². The molecule has 1 aliphatic rings. The van der Waals surface area contributed by atoms with E-state index in [1.807, 2.05) is 0 Å². The molecule has 2 atom stereocenters. The molecule has 0 heterocycles. The molecule has 0 saturated heterocycles. The molecule has 0 aliphatic heterocycles. The molecule has 2 N–H and O–H groups in total. The van der Waals surface area contributed by atoms with Gasteiger partial charge in [0.25, 0.3) is 0 Å². The Morgan fingerprint density at radius 2 is 1.72 bits per heavy atom. The number of hydrogen-bond donors (Lipinski definition) is 1. The van der Waals surface area contributed by atoms with Gasteiger partial charge in [-0.25, -0.2) is 8.78 Å². The van der Waals surface area contributed by atoms with Gasteiger partial charge in [-0.1, -0.05) is 19.3 Å². The predicted molar refractivity (Wildman–Crippen MR) is 66.0 cm³/mol. The highest BCUT2D eigenvalue weighted by Gasteiger charge is 2.20. The summed E-state index contributed by atoms with van der Waals surface area (Å²) in [5, 5.41) is 0. The molecule has 1 aromatic carbocycles. The van der Waals surface area contributed by atoms with Crippen molar-refractivity contribution in [1.82, 2.24) is 0 Å². The van der Waals surface area contributed by atoms with E-state index < -0.39 is 11.6 Å². The number of hydrogen-bond acceptors (Lipinski definition) is 2. The van der Waals surface area contributed by atoms with Gasteiger partial charge in [-0.2, -0.15) is 0 Å². The second-order valence-electron chi connectivity index (χ2n) is 4.93. The number of halogens is 2. The monoisotopic (exact) mass is 255 g/mol. The topological polar surface area (TPSA) is 35.2 Å². The third kappa shape index (κ3) is 3.75. The van der Waals surface area contributed by atoms with E-state index in [0.29, 0.717) is 5.56 Å². The van der Waals surface area contributed by atoms with Crippen LogP contribution in [0.1, 0.15) is 37.7 Å². The van der Waals surface area contributed by atoms with Crippen LogP contribution in [-0.2, 0) is 11.3 Å². The maximum Gasteiger partial charge on any atom is 0.126 e. The number of ether oxygens (including phenoxy) is 1. The zero-order valence-electron chi connectivity index (χ0n) is 10.4. The molecular weight excluding hydrogens is 236 g/mol. The van der Waals surface area contributed by atoms with Crippen LogP contribution in [0.3, 0.4) is 0 Å². The second kappa shape index (κ2) is 6.25. The zero-order valence-corrected chi connectivity index (χ0v) is 10.4. The lowest BCUT2D eigenvalue weighted by atomic mass is 10.1. The Bertz CT molecular complexity index is 377. The van der Waals surface area contributed by atoms with Gasteiger partial charge in [0.2, 0.25) is 0 Å². The predicted octanol–water partition coefficient (Wildman–Crippen LogP) is 3.14. The molecule has 1 aliphatic carbocycles. The molecule has 0 radical (unpaired) electrons.